The molecule has 0 aromatic heterocycles. The van der Waals surface area contributed by atoms with Crippen LogP contribution in [-0.4, -0.2) is 11.7 Å². The number of hydrogen-bond donors (Lipinski definition) is 1. The summed E-state index contributed by atoms with van der Waals surface area (Å²) < 4.78 is 38.4. The number of para-hydroxylation sites is 1. The van der Waals surface area contributed by atoms with Crippen LogP contribution in [0.2, 0.25) is 0 Å². The number of amides is 1. The molecule has 2 aromatic carbocycles. The molecule has 0 spiro atoms. The van der Waals surface area contributed by atoms with Crippen LogP contribution in [0.15, 0.2) is 59.5 Å². The van der Waals surface area contributed by atoms with E-state index in [0.29, 0.717) is 0 Å². The Balaban J connectivity index is 2.00. The van der Waals surface area contributed by atoms with Crippen LogP contribution in [0.1, 0.15) is 5.56 Å². The third-order valence-corrected chi connectivity index (χ3v) is 3.63. The molecule has 0 saturated carbocycles. The molecule has 6 heteroatoms. The fourth-order valence-electron chi connectivity index (χ4n) is 1.69. The highest BCUT2D eigenvalue weighted by Crippen LogP contribution is 2.34. The van der Waals surface area contributed by atoms with Gasteiger partial charge in [0.1, 0.15) is 0 Å². The van der Waals surface area contributed by atoms with Crippen molar-refractivity contribution in [2.24, 2.45) is 0 Å². The summed E-state index contributed by atoms with van der Waals surface area (Å²) in [6, 6.07) is 14.1. The molecule has 0 saturated heterocycles. The molecule has 0 radical (unpaired) electrons. The van der Waals surface area contributed by atoms with E-state index in [1.54, 1.807) is 0 Å². The monoisotopic (exact) mass is 311 g/mol. The molecule has 1 N–H and O–H groups in total. The van der Waals surface area contributed by atoms with E-state index >= 15 is 0 Å². The number of hydrogen-bond acceptors (Lipinski definition) is 2. The molecular weight excluding hydrogens is 299 g/mol. The van der Waals surface area contributed by atoms with Crippen LogP contribution in [0.3, 0.4) is 0 Å². The third kappa shape index (κ3) is 4.53. The Morgan fingerprint density at radius 3 is 2.29 bits per heavy atom. The van der Waals surface area contributed by atoms with Crippen LogP contribution in [0.5, 0.6) is 0 Å². The number of thioether (sulfide) groups is 1. The second-order valence-corrected chi connectivity index (χ2v) is 5.24. The first-order valence-electron chi connectivity index (χ1n) is 6.11. The number of halogens is 3. The van der Waals surface area contributed by atoms with E-state index in [0.717, 1.165) is 11.0 Å². The lowest BCUT2D eigenvalue weighted by atomic mass is 10.1. The Kier molecular flexibility index (Phi) is 4.90. The first kappa shape index (κ1) is 15.4. The van der Waals surface area contributed by atoms with Gasteiger partial charge in [0, 0.05) is 4.90 Å². The summed E-state index contributed by atoms with van der Waals surface area (Å²) in [7, 11) is 0. The van der Waals surface area contributed by atoms with Crippen molar-refractivity contribution in [3.8, 4) is 0 Å². The first-order valence-corrected chi connectivity index (χ1v) is 7.09. The summed E-state index contributed by atoms with van der Waals surface area (Å²) >= 11 is 1.27. The average Bonchev–Trinajstić information content (AvgIpc) is 2.46. The smallest absolute Gasteiger partial charge is 0.325 e. The molecule has 2 nitrogen and oxygen atoms in total. The van der Waals surface area contributed by atoms with Gasteiger partial charge in [-0.05, 0) is 24.3 Å². The Morgan fingerprint density at radius 2 is 1.62 bits per heavy atom. The van der Waals surface area contributed by atoms with Gasteiger partial charge >= 0.3 is 6.18 Å². The van der Waals surface area contributed by atoms with Gasteiger partial charge in [-0.15, -0.1) is 11.8 Å². The van der Waals surface area contributed by atoms with Gasteiger partial charge in [-0.1, -0.05) is 30.3 Å². The summed E-state index contributed by atoms with van der Waals surface area (Å²) in [5.41, 5.74) is -1.06. The van der Waals surface area contributed by atoms with Gasteiger partial charge in [-0.25, -0.2) is 0 Å². The molecule has 0 aliphatic carbocycles. The molecule has 0 unspecified atom stereocenters. The van der Waals surface area contributed by atoms with Crippen LogP contribution in [0, 0.1) is 0 Å². The van der Waals surface area contributed by atoms with Crippen LogP contribution >= 0.6 is 11.8 Å². The van der Waals surface area contributed by atoms with Gasteiger partial charge in [0.2, 0.25) is 5.91 Å². The zero-order valence-corrected chi connectivity index (χ0v) is 11.7. The highest BCUT2D eigenvalue weighted by Gasteiger charge is 2.33. The van der Waals surface area contributed by atoms with Crippen molar-refractivity contribution < 1.29 is 18.0 Å². The largest absolute Gasteiger partial charge is 0.418 e. The second-order valence-electron chi connectivity index (χ2n) is 4.19. The zero-order valence-electron chi connectivity index (χ0n) is 10.9. The van der Waals surface area contributed by atoms with E-state index in [9.17, 15) is 18.0 Å². The van der Waals surface area contributed by atoms with Gasteiger partial charge in [0.15, 0.2) is 0 Å². The number of benzene rings is 2. The number of carbonyl (C=O) groups is 1. The summed E-state index contributed by atoms with van der Waals surface area (Å²) in [6.45, 7) is 0. The van der Waals surface area contributed by atoms with E-state index < -0.39 is 17.6 Å². The summed E-state index contributed by atoms with van der Waals surface area (Å²) in [6.07, 6.45) is -4.49. The van der Waals surface area contributed by atoms with E-state index in [-0.39, 0.29) is 11.4 Å². The van der Waals surface area contributed by atoms with Gasteiger partial charge in [0.25, 0.3) is 0 Å². The molecule has 0 aliphatic rings. The lowest BCUT2D eigenvalue weighted by Gasteiger charge is -2.13. The van der Waals surface area contributed by atoms with Crippen LogP contribution < -0.4 is 5.32 Å². The number of alkyl halides is 3. The maximum atomic E-state index is 12.8. The maximum Gasteiger partial charge on any atom is 0.418 e. The highest BCUT2D eigenvalue weighted by atomic mass is 32.2. The molecule has 21 heavy (non-hydrogen) atoms. The SMILES string of the molecule is O=C(CSc1ccccc1)Nc1ccccc1C(F)(F)F. The fourth-order valence-corrected chi connectivity index (χ4v) is 2.41. The summed E-state index contributed by atoms with van der Waals surface area (Å²) in [4.78, 5) is 12.7. The lowest BCUT2D eigenvalue weighted by Crippen LogP contribution is -2.18. The van der Waals surface area contributed by atoms with Crippen molar-refractivity contribution in [3.63, 3.8) is 0 Å². The van der Waals surface area contributed by atoms with Crippen molar-refractivity contribution in [2.75, 3.05) is 11.1 Å². The van der Waals surface area contributed by atoms with Crippen LogP contribution in [-0.2, 0) is 11.0 Å². The Labute approximate surface area is 124 Å². The molecule has 0 heterocycles. The number of nitrogens with one attached hydrogen (secondary N) is 1. The third-order valence-electron chi connectivity index (χ3n) is 2.62. The Bertz CT molecular complexity index is 614. The standard InChI is InChI=1S/C15H12F3NOS/c16-15(17,18)12-8-4-5-9-13(12)19-14(20)10-21-11-6-2-1-3-7-11/h1-9H,10H2,(H,19,20). The quantitative estimate of drug-likeness (QED) is 0.846. The van der Waals surface area contributed by atoms with E-state index in [4.69, 9.17) is 0 Å². The molecule has 0 fully saturated rings. The van der Waals surface area contributed by atoms with E-state index in [1.165, 1.54) is 30.0 Å². The number of rotatable bonds is 4. The average molecular weight is 311 g/mol. The second kappa shape index (κ2) is 6.67. The minimum atomic E-state index is -4.49. The van der Waals surface area contributed by atoms with Crippen molar-refractivity contribution in [1.82, 2.24) is 0 Å². The van der Waals surface area contributed by atoms with Crippen molar-refractivity contribution in [1.29, 1.82) is 0 Å². The summed E-state index contributed by atoms with van der Waals surface area (Å²) in [5.74, 6) is -0.420. The zero-order chi connectivity index (χ0) is 15.3. The molecule has 0 aliphatic heterocycles. The summed E-state index contributed by atoms with van der Waals surface area (Å²) in [5, 5.41) is 2.31. The topological polar surface area (TPSA) is 29.1 Å². The van der Waals surface area contributed by atoms with E-state index in [2.05, 4.69) is 5.32 Å². The van der Waals surface area contributed by atoms with Crippen LogP contribution in [0.4, 0.5) is 18.9 Å². The van der Waals surface area contributed by atoms with Crippen molar-refractivity contribution in [2.45, 2.75) is 11.1 Å². The number of anilines is 1. The minimum absolute atomic E-state index is 0.0518. The van der Waals surface area contributed by atoms with Gasteiger partial charge in [-0.2, -0.15) is 13.2 Å². The normalized spacial score (nSPS) is 11.2. The minimum Gasteiger partial charge on any atom is -0.325 e. The molecule has 2 rings (SSSR count). The van der Waals surface area contributed by atoms with Gasteiger partial charge < -0.3 is 5.32 Å². The van der Waals surface area contributed by atoms with E-state index in [1.807, 2.05) is 30.3 Å². The van der Waals surface area contributed by atoms with Crippen molar-refractivity contribution >= 4 is 23.4 Å². The van der Waals surface area contributed by atoms with Crippen molar-refractivity contribution in [3.05, 3.63) is 60.2 Å². The first-order chi connectivity index (χ1) is 9.97. The molecule has 2 aromatic rings. The lowest BCUT2D eigenvalue weighted by molar-refractivity contribution is -0.137. The van der Waals surface area contributed by atoms with Crippen LogP contribution in [0.25, 0.3) is 0 Å². The molecule has 1 amide bonds. The van der Waals surface area contributed by atoms with Gasteiger partial charge in [-0.3, -0.25) is 4.79 Å². The molecule has 0 atom stereocenters. The van der Waals surface area contributed by atoms with Gasteiger partial charge in [0.05, 0.1) is 17.0 Å². The molecular formula is C15H12F3NOS. The highest BCUT2D eigenvalue weighted by molar-refractivity contribution is 8.00. The fraction of sp³-hybridized carbons (Fsp3) is 0.133. The predicted octanol–water partition coefficient (Wildman–Crippen LogP) is 4.44. The molecule has 0 bridgehead atoms. The number of carbonyl (C=O) groups excluding carboxylic acids is 1. The predicted molar refractivity (Wildman–Crippen MR) is 77.2 cm³/mol. The maximum absolute atomic E-state index is 12.8. The molecule has 110 valence electrons. The Morgan fingerprint density at radius 1 is 1.00 bits per heavy atom. The Hall–Kier alpha value is -1.95.